The van der Waals surface area contributed by atoms with Crippen molar-refractivity contribution in [3.8, 4) is 0 Å². The summed E-state index contributed by atoms with van der Waals surface area (Å²) in [5.41, 5.74) is 1.04. The Labute approximate surface area is 202 Å². The Balaban J connectivity index is 1.87. The third-order valence-corrected chi connectivity index (χ3v) is 6.81. The minimum Gasteiger partial charge on any atom is -0.468 e. The highest BCUT2D eigenvalue weighted by Gasteiger charge is 2.47. The van der Waals surface area contributed by atoms with E-state index >= 15 is 0 Å². The molecule has 1 aliphatic heterocycles. The average Bonchev–Trinajstić information content (AvgIpc) is 3.12. The third-order valence-electron chi connectivity index (χ3n) is 5.05. The molecule has 0 radical (unpaired) electrons. The first-order valence-electron chi connectivity index (χ1n) is 10.2. The van der Waals surface area contributed by atoms with Crippen LogP contribution in [-0.2, 0) is 14.3 Å². The van der Waals surface area contributed by atoms with Crippen LogP contribution in [0.15, 0.2) is 53.6 Å². The van der Waals surface area contributed by atoms with E-state index in [9.17, 15) is 9.59 Å². The van der Waals surface area contributed by atoms with E-state index < -0.39 is 11.4 Å². The molecule has 0 saturated heterocycles. The SMILES string of the molecule is CCCSN(C(=O)CN1CC(C)(C(=O)OC)C(c2ccc(Cl)cc2)=N1)c1ccc(Cl)cc1. The average molecular weight is 494 g/mol. The van der Waals surface area contributed by atoms with Crippen molar-refractivity contribution < 1.29 is 14.3 Å². The van der Waals surface area contributed by atoms with Gasteiger partial charge in [-0.1, -0.05) is 42.3 Å². The second-order valence-corrected chi connectivity index (χ2v) is 9.50. The predicted octanol–water partition coefficient (Wildman–Crippen LogP) is 5.28. The maximum absolute atomic E-state index is 13.3. The zero-order chi connectivity index (χ0) is 23.3. The first kappa shape index (κ1) is 24.4. The van der Waals surface area contributed by atoms with Crippen LogP contribution in [0.25, 0.3) is 0 Å². The highest BCUT2D eigenvalue weighted by Crippen LogP contribution is 2.33. The van der Waals surface area contributed by atoms with E-state index in [2.05, 4.69) is 12.0 Å². The Kier molecular flexibility index (Phi) is 8.09. The third kappa shape index (κ3) is 5.39. The molecule has 1 heterocycles. The highest BCUT2D eigenvalue weighted by atomic mass is 35.5. The van der Waals surface area contributed by atoms with Crippen LogP contribution in [0.3, 0.4) is 0 Å². The molecule has 1 unspecified atom stereocenters. The molecule has 0 spiro atoms. The molecule has 2 aromatic carbocycles. The number of nitrogens with zero attached hydrogens (tertiary/aromatic N) is 3. The molecule has 32 heavy (non-hydrogen) atoms. The molecule has 6 nitrogen and oxygen atoms in total. The van der Waals surface area contributed by atoms with Crippen molar-refractivity contribution in [2.75, 3.05) is 30.3 Å². The standard InChI is InChI=1S/C23H25Cl2N3O3S/c1-4-13-32-28(19-11-9-18(25)10-12-19)20(29)14-27-15-23(2,22(30)31-3)21(26-27)16-5-7-17(24)8-6-16/h5-12H,4,13-15H2,1-3H3. The van der Waals surface area contributed by atoms with Gasteiger partial charge >= 0.3 is 5.97 Å². The maximum atomic E-state index is 13.3. The van der Waals surface area contributed by atoms with Crippen molar-refractivity contribution in [3.63, 3.8) is 0 Å². The predicted molar refractivity (Wildman–Crippen MR) is 131 cm³/mol. The van der Waals surface area contributed by atoms with Gasteiger partial charge in [-0.2, -0.15) is 5.10 Å². The Hall–Kier alpha value is -2.22. The van der Waals surface area contributed by atoms with Gasteiger partial charge in [0.05, 0.1) is 25.1 Å². The van der Waals surface area contributed by atoms with Gasteiger partial charge in [-0.05, 0) is 67.3 Å². The van der Waals surface area contributed by atoms with Crippen molar-refractivity contribution in [1.29, 1.82) is 0 Å². The number of benzene rings is 2. The smallest absolute Gasteiger partial charge is 0.319 e. The Morgan fingerprint density at radius 2 is 1.72 bits per heavy atom. The first-order chi connectivity index (χ1) is 15.3. The number of carbonyl (C=O) groups excluding carboxylic acids is 2. The van der Waals surface area contributed by atoms with Crippen molar-refractivity contribution >= 4 is 58.4 Å². The van der Waals surface area contributed by atoms with Crippen LogP contribution in [-0.4, -0.2) is 48.5 Å². The Bertz CT molecular complexity index is 999. The van der Waals surface area contributed by atoms with E-state index in [1.165, 1.54) is 19.1 Å². The molecule has 1 atom stereocenters. The van der Waals surface area contributed by atoms with Crippen LogP contribution in [0.1, 0.15) is 25.8 Å². The molecule has 2 aromatic rings. The summed E-state index contributed by atoms with van der Waals surface area (Å²) in [6.07, 6.45) is 0.922. The van der Waals surface area contributed by atoms with Crippen LogP contribution in [0.2, 0.25) is 10.0 Å². The fourth-order valence-corrected chi connectivity index (χ4v) is 4.55. The second-order valence-electron chi connectivity index (χ2n) is 7.60. The zero-order valence-corrected chi connectivity index (χ0v) is 20.5. The molecule has 1 aliphatic rings. The first-order valence-corrected chi connectivity index (χ1v) is 11.9. The number of amides is 1. The van der Waals surface area contributed by atoms with Gasteiger partial charge in [0, 0.05) is 15.8 Å². The van der Waals surface area contributed by atoms with E-state index in [4.69, 9.17) is 27.9 Å². The van der Waals surface area contributed by atoms with Crippen LogP contribution in [0.4, 0.5) is 5.69 Å². The zero-order valence-electron chi connectivity index (χ0n) is 18.2. The molecule has 0 saturated carbocycles. The molecule has 0 aromatic heterocycles. The van der Waals surface area contributed by atoms with Gasteiger partial charge < -0.3 is 4.74 Å². The van der Waals surface area contributed by atoms with Crippen LogP contribution in [0.5, 0.6) is 0 Å². The summed E-state index contributed by atoms with van der Waals surface area (Å²) in [6.45, 7) is 4.08. The molecule has 0 N–H and O–H groups in total. The lowest BCUT2D eigenvalue weighted by atomic mass is 9.82. The normalized spacial score (nSPS) is 17.8. The summed E-state index contributed by atoms with van der Waals surface area (Å²) in [6, 6.07) is 14.2. The Morgan fingerprint density at radius 1 is 1.12 bits per heavy atom. The van der Waals surface area contributed by atoms with Gasteiger partial charge in [-0.3, -0.25) is 18.9 Å². The number of rotatable bonds is 8. The molecule has 0 aliphatic carbocycles. The molecule has 9 heteroatoms. The molecular formula is C23H25Cl2N3O3S. The van der Waals surface area contributed by atoms with E-state index in [1.807, 2.05) is 24.3 Å². The largest absolute Gasteiger partial charge is 0.468 e. The molecule has 3 rings (SSSR count). The van der Waals surface area contributed by atoms with Crippen LogP contribution >= 0.6 is 35.1 Å². The lowest BCUT2D eigenvalue weighted by Crippen LogP contribution is -2.42. The fraction of sp³-hybridized carbons (Fsp3) is 0.348. The van der Waals surface area contributed by atoms with Crippen molar-refractivity contribution in [2.24, 2.45) is 10.5 Å². The summed E-state index contributed by atoms with van der Waals surface area (Å²) >= 11 is 13.5. The van der Waals surface area contributed by atoms with E-state index in [-0.39, 0.29) is 19.0 Å². The molecule has 1 amide bonds. The molecular weight excluding hydrogens is 469 g/mol. The number of anilines is 1. The van der Waals surface area contributed by atoms with Gasteiger partial charge in [0.2, 0.25) is 0 Å². The summed E-state index contributed by atoms with van der Waals surface area (Å²) in [4.78, 5) is 25.9. The summed E-state index contributed by atoms with van der Waals surface area (Å²) in [7, 11) is 1.35. The van der Waals surface area contributed by atoms with Gasteiger partial charge in [-0.15, -0.1) is 0 Å². The number of esters is 1. The topological polar surface area (TPSA) is 62.2 Å². The number of hydrogen-bond donors (Lipinski definition) is 0. The fourth-order valence-electron chi connectivity index (χ4n) is 3.46. The molecule has 0 fully saturated rings. The second kappa shape index (κ2) is 10.6. The van der Waals surface area contributed by atoms with Crippen molar-refractivity contribution in [1.82, 2.24) is 5.01 Å². The summed E-state index contributed by atoms with van der Waals surface area (Å²) in [5, 5.41) is 7.46. The molecule has 0 bridgehead atoms. The summed E-state index contributed by atoms with van der Waals surface area (Å²) < 4.78 is 6.72. The van der Waals surface area contributed by atoms with Crippen molar-refractivity contribution in [2.45, 2.75) is 20.3 Å². The molecule has 170 valence electrons. The number of methoxy groups -OCH3 is 1. The van der Waals surface area contributed by atoms with Gasteiger partial charge in [0.25, 0.3) is 5.91 Å². The van der Waals surface area contributed by atoms with E-state index in [1.54, 1.807) is 40.5 Å². The number of halogens is 2. The minimum absolute atomic E-state index is 0.0169. The monoisotopic (exact) mass is 493 g/mol. The number of carbonyl (C=O) groups is 2. The highest BCUT2D eigenvalue weighted by molar-refractivity contribution is 8.01. The van der Waals surface area contributed by atoms with Crippen LogP contribution in [0, 0.1) is 5.41 Å². The van der Waals surface area contributed by atoms with Crippen LogP contribution < -0.4 is 4.31 Å². The lowest BCUT2D eigenvalue weighted by Gasteiger charge is -2.26. The Morgan fingerprint density at radius 3 is 2.28 bits per heavy atom. The number of hydrogen-bond acceptors (Lipinski definition) is 6. The van der Waals surface area contributed by atoms with Crippen molar-refractivity contribution in [3.05, 3.63) is 64.1 Å². The van der Waals surface area contributed by atoms with E-state index in [0.717, 1.165) is 23.4 Å². The number of hydrazone groups is 1. The van der Waals surface area contributed by atoms with Gasteiger partial charge in [0.1, 0.15) is 12.0 Å². The maximum Gasteiger partial charge on any atom is 0.319 e. The quantitative estimate of drug-likeness (QED) is 0.369. The number of ether oxygens (including phenoxy) is 1. The lowest BCUT2D eigenvalue weighted by molar-refractivity contribution is -0.148. The van der Waals surface area contributed by atoms with E-state index in [0.29, 0.717) is 15.8 Å². The van der Waals surface area contributed by atoms with Gasteiger partial charge in [-0.25, -0.2) is 0 Å². The van der Waals surface area contributed by atoms with Gasteiger partial charge in [0.15, 0.2) is 0 Å². The summed E-state index contributed by atoms with van der Waals surface area (Å²) in [5.74, 6) is 0.239. The minimum atomic E-state index is -1.01.